The summed E-state index contributed by atoms with van der Waals surface area (Å²) in [6, 6.07) is 0. The van der Waals surface area contributed by atoms with Gasteiger partial charge >= 0.3 is 0 Å². The molecule has 0 spiro atoms. The highest BCUT2D eigenvalue weighted by Gasteiger charge is 2.12. The van der Waals surface area contributed by atoms with Crippen LogP contribution in [0.15, 0.2) is 12.4 Å². The minimum absolute atomic E-state index is 0.116. The minimum atomic E-state index is -0.459. The van der Waals surface area contributed by atoms with Crippen LogP contribution in [0.3, 0.4) is 0 Å². The summed E-state index contributed by atoms with van der Waals surface area (Å²) in [7, 11) is 1.60. The first-order valence-corrected chi connectivity index (χ1v) is 6.00. The molecule has 0 aliphatic heterocycles. The lowest BCUT2D eigenvalue weighted by Crippen LogP contribution is -2.36. The van der Waals surface area contributed by atoms with Crippen LogP contribution in [-0.4, -0.2) is 48.7 Å². The van der Waals surface area contributed by atoms with E-state index in [-0.39, 0.29) is 5.91 Å². The van der Waals surface area contributed by atoms with Crippen LogP contribution in [0.5, 0.6) is 0 Å². The van der Waals surface area contributed by atoms with Gasteiger partial charge in [0.25, 0.3) is 0 Å². The van der Waals surface area contributed by atoms with Gasteiger partial charge in [-0.15, -0.1) is 0 Å². The Bertz CT molecular complexity index is 365. The lowest BCUT2D eigenvalue weighted by Gasteiger charge is -2.13. The van der Waals surface area contributed by atoms with Gasteiger partial charge in [-0.2, -0.15) is 5.10 Å². The third kappa shape index (κ3) is 5.29. The summed E-state index contributed by atoms with van der Waals surface area (Å²) in [5, 5.41) is 6.94. The molecule has 0 aromatic carbocycles. The van der Waals surface area contributed by atoms with Gasteiger partial charge in [0.15, 0.2) is 0 Å². The second kappa shape index (κ2) is 7.84. The highest BCUT2D eigenvalue weighted by molar-refractivity contribution is 5.80. The molecule has 1 unspecified atom stereocenters. The Labute approximate surface area is 107 Å². The van der Waals surface area contributed by atoms with E-state index >= 15 is 0 Å². The molecule has 0 saturated carbocycles. The molecule has 1 aromatic rings. The Morgan fingerprint density at radius 3 is 2.94 bits per heavy atom. The Hall–Kier alpha value is -1.40. The summed E-state index contributed by atoms with van der Waals surface area (Å²) in [5.41, 5.74) is 1.11. The van der Waals surface area contributed by atoms with E-state index in [1.165, 1.54) is 0 Å². The molecule has 1 atom stereocenters. The summed E-state index contributed by atoms with van der Waals surface area (Å²) in [6.45, 7) is 5.81. The Morgan fingerprint density at radius 1 is 1.56 bits per heavy atom. The minimum Gasteiger partial charge on any atom is -0.382 e. The average molecular weight is 255 g/mol. The van der Waals surface area contributed by atoms with E-state index < -0.39 is 6.10 Å². The molecule has 0 aliphatic carbocycles. The van der Waals surface area contributed by atoms with Crippen LogP contribution in [-0.2, 0) is 20.8 Å². The van der Waals surface area contributed by atoms with Crippen molar-refractivity contribution in [3.63, 3.8) is 0 Å². The third-order valence-electron chi connectivity index (χ3n) is 2.43. The molecule has 102 valence electrons. The first-order valence-electron chi connectivity index (χ1n) is 6.00. The number of nitrogens with zero attached hydrogens (tertiary/aromatic N) is 2. The molecule has 0 saturated heterocycles. The maximum Gasteiger partial charge on any atom is 0.248 e. The van der Waals surface area contributed by atoms with Crippen molar-refractivity contribution in [2.75, 3.05) is 26.9 Å². The Kier molecular flexibility index (Phi) is 6.38. The van der Waals surface area contributed by atoms with E-state index in [9.17, 15) is 4.79 Å². The zero-order valence-electron chi connectivity index (χ0n) is 11.2. The molecule has 6 heteroatoms. The smallest absolute Gasteiger partial charge is 0.248 e. The maximum atomic E-state index is 11.6. The van der Waals surface area contributed by atoms with Crippen molar-refractivity contribution >= 4 is 5.91 Å². The van der Waals surface area contributed by atoms with Crippen molar-refractivity contribution in [2.45, 2.75) is 26.5 Å². The van der Waals surface area contributed by atoms with Crippen LogP contribution < -0.4 is 5.32 Å². The fourth-order valence-corrected chi connectivity index (χ4v) is 1.41. The van der Waals surface area contributed by atoms with Gasteiger partial charge in [-0.25, -0.2) is 0 Å². The Morgan fingerprint density at radius 2 is 2.33 bits per heavy atom. The van der Waals surface area contributed by atoms with Gasteiger partial charge in [0.05, 0.1) is 26.0 Å². The van der Waals surface area contributed by atoms with Crippen molar-refractivity contribution in [3.05, 3.63) is 18.0 Å². The number of hydrogen-bond acceptors (Lipinski definition) is 4. The number of rotatable bonds is 8. The van der Waals surface area contributed by atoms with Gasteiger partial charge in [-0.3, -0.25) is 9.48 Å². The zero-order valence-corrected chi connectivity index (χ0v) is 11.2. The summed E-state index contributed by atoms with van der Waals surface area (Å²) in [5.74, 6) is -0.116. The number of nitrogens with one attached hydrogen (secondary N) is 1. The number of carbonyl (C=O) groups is 1. The average Bonchev–Trinajstić information content (AvgIpc) is 2.75. The molecule has 1 rings (SSSR count). The van der Waals surface area contributed by atoms with Crippen LogP contribution in [0, 0.1) is 6.92 Å². The molecule has 0 aliphatic rings. The van der Waals surface area contributed by atoms with E-state index in [1.54, 1.807) is 24.9 Å². The van der Waals surface area contributed by atoms with E-state index in [0.29, 0.717) is 26.3 Å². The SMILES string of the molecule is COCCOC(C)C(=O)NCCn1cc(C)cn1. The van der Waals surface area contributed by atoms with E-state index in [2.05, 4.69) is 10.4 Å². The number of ether oxygens (including phenoxy) is 2. The quantitative estimate of drug-likeness (QED) is 0.681. The van der Waals surface area contributed by atoms with Crippen molar-refractivity contribution in [2.24, 2.45) is 0 Å². The van der Waals surface area contributed by atoms with Crippen molar-refractivity contribution in [1.82, 2.24) is 15.1 Å². The van der Waals surface area contributed by atoms with Crippen LogP contribution in [0.4, 0.5) is 0 Å². The Balaban J connectivity index is 2.16. The molecule has 1 heterocycles. The summed E-state index contributed by atoms with van der Waals surface area (Å²) >= 11 is 0. The van der Waals surface area contributed by atoms with Gasteiger partial charge < -0.3 is 14.8 Å². The first kappa shape index (κ1) is 14.7. The van der Waals surface area contributed by atoms with Crippen LogP contribution in [0.25, 0.3) is 0 Å². The van der Waals surface area contributed by atoms with Crippen molar-refractivity contribution in [3.8, 4) is 0 Å². The lowest BCUT2D eigenvalue weighted by atomic mass is 10.3. The molecule has 0 radical (unpaired) electrons. The lowest BCUT2D eigenvalue weighted by molar-refractivity contribution is -0.132. The van der Waals surface area contributed by atoms with E-state index in [0.717, 1.165) is 5.56 Å². The summed E-state index contributed by atoms with van der Waals surface area (Å²) in [6.07, 6.45) is 3.27. The van der Waals surface area contributed by atoms with Gasteiger partial charge in [-0.05, 0) is 19.4 Å². The predicted octanol–water partition coefficient (Wildman–Crippen LogP) is 0.359. The number of aryl methyl sites for hydroxylation is 1. The first-order chi connectivity index (χ1) is 8.63. The fourth-order valence-electron chi connectivity index (χ4n) is 1.41. The van der Waals surface area contributed by atoms with Gasteiger partial charge in [0.2, 0.25) is 5.91 Å². The molecule has 0 fully saturated rings. The standard InChI is InChI=1S/C12H21N3O3/c1-10-8-14-15(9-10)5-4-13-12(16)11(2)18-7-6-17-3/h8-9,11H,4-7H2,1-3H3,(H,13,16). The third-order valence-corrected chi connectivity index (χ3v) is 2.43. The largest absolute Gasteiger partial charge is 0.382 e. The maximum absolute atomic E-state index is 11.6. The van der Waals surface area contributed by atoms with Crippen LogP contribution in [0.1, 0.15) is 12.5 Å². The number of aromatic nitrogens is 2. The molecule has 1 amide bonds. The number of hydrogen-bond donors (Lipinski definition) is 1. The predicted molar refractivity (Wildman–Crippen MR) is 67.3 cm³/mol. The molecule has 0 bridgehead atoms. The highest BCUT2D eigenvalue weighted by atomic mass is 16.5. The monoisotopic (exact) mass is 255 g/mol. The molecule has 1 aromatic heterocycles. The zero-order chi connectivity index (χ0) is 13.4. The van der Waals surface area contributed by atoms with Gasteiger partial charge in [0, 0.05) is 19.9 Å². The van der Waals surface area contributed by atoms with Crippen LogP contribution >= 0.6 is 0 Å². The molecular formula is C12H21N3O3. The van der Waals surface area contributed by atoms with Crippen molar-refractivity contribution in [1.29, 1.82) is 0 Å². The molecule has 1 N–H and O–H groups in total. The molecule has 18 heavy (non-hydrogen) atoms. The number of carbonyl (C=O) groups excluding carboxylic acids is 1. The molecule has 6 nitrogen and oxygen atoms in total. The van der Waals surface area contributed by atoms with E-state index in [1.807, 2.05) is 13.1 Å². The van der Waals surface area contributed by atoms with Gasteiger partial charge in [0.1, 0.15) is 6.10 Å². The highest BCUT2D eigenvalue weighted by Crippen LogP contribution is 1.94. The van der Waals surface area contributed by atoms with E-state index in [4.69, 9.17) is 9.47 Å². The number of methoxy groups -OCH3 is 1. The second-order valence-corrected chi connectivity index (χ2v) is 4.08. The van der Waals surface area contributed by atoms with Gasteiger partial charge in [-0.1, -0.05) is 0 Å². The normalized spacial score (nSPS) is 12.4. The molecular weight excluding hydrogens is 234 g/mol. The topological polar surface area (TPSA) is 65.4 Å². The second-order valence-electron chi connectivity index (χ2n) is 4.08. The summed E-state index contributed by atoms with van der Waals surface area (Å²) < 4.78 is 11.9. The summed E-state index contributed by atoms with van der Waals surface area (Å²) in [4.78, 5) is 11.6. The fraction of sp³-hybridized carbons (Fsp3) is 0.667. The van der Waals surface area contributed by atoms with Crippen molar-refractivity contribution < 1.29 is 14.3 Å². The van der Waals surface area contributed by atoms with Crippen LogP contribution in [0.2, 0.25) is 0 Å². The number of amides is 1.